The first-order valence-corrected chi connectivity index (χ1v) is 9.32. The molecule has 0 bridgehead atoms. The van der Waals surface area contributed by atoms with Gasteiger partial charge >= 0.3 is 5.97 Å². The zero-order valence-corrected chi connectivity index (χ0v) is 16.9. The van der Waals surface area contributed by atoms with Gasteiger partial charge in [-0.1, -0.05) is 29.8 Å². The summed E-state index contributed by atoms with van der Waals surface area (Å²) in [6.45, 7) is 4.72. The summed E-state index contributed by atoms with van der Waals surface area (Å²) in [7, 11) is 1.24. The van der Waals surface area contributed by atoms with Crippen LogP contribution in [0.3, 0.4) is 0 Å². The van der Waals surface area contributed by atoms with Crippen LogP contribution in [-0.2, 0) is 14.3 Å². The van der Waals surface area contributed by atoms with Crippen molar-refractivity contribution in [3.63, 3.8) is 0 Å². The highest BCUT2D eigenvalue weighted by Gasteiger charge is 2.25. The molecule has 1 heterocycles. The maximum Gasteiger partial charge on any atom is 0.331 e. The number of methoxy groups -OCH3 is 1. The number of halogens is 1. The summed E-state index contributed by atoms with van der Waals surface area (Å²) in [5, 5.41) is 10.8. The van der Waals surface area contributed by atoms with Crippen LogP contribution in [0.2, 0.25) is 0 Å². The van der Waals surface area contributed by atoms with E-state index >= 15 is 0 Å². The quantitative estimate of drug-likeness (QED) is 0.318. The number of carbonyl (C=O) groups excluding carboxylic acids is 2. The van der Waals surface area contributed by atoms with E-state index in [0.29, 0.717) is 18.3 Å². The highest BCUT2D eigenvalue weighted by atomic mass is 79.9. The first-order valence-electron chi connectivity index (χ1n) is 7.71. The van der Waals surface area contributed by atoms with Crippen molar-refractivity contribution in [3.05, 3.63) is 39.2 Å². The summed E-state index contributed by atoms with van der Waals surface area (Å²) in [6, 6.07) is 5.60. The van der Waals surface area contributed by atoms with E-state index in [1.165, 1.54) is 7.11 Å². The molecule has 0 aliphatic carbocycles. The molecule has 26 heavy (non-hydrogen) atoms. The van der Waals surface area contributed by atoms with Crippen LogP contribution in [0.25, 0.3) is 0 Å². The second-order valence-corrected chi connectivity index (χ2v) is 7.57. The third-order valence-corrected chi connectivity index (χ3v) is 4.38. The Balaban J connectivity index is 2.12. The van der Waals surface area contributed by atoms with E-state index in [-0.39, 0.29) is 10.1 Å². The summed E-state index contributed by atoms with van der Waals surface area (Å²) >= 11 is 4.43. The van der Waals surface area contributed by atoms with Gasteiger partial charge in [0.2, 0.25) is 0 Å². The molecule has 1 aromatic rings. The first kappa shape index (κ1) is 20.2. The monoisotopic (exact) mass is 439 g/mol. The Morgan fingerprint density at radius 3 is 2.88 bits per heavy atom. The molecule has 0 spiro atoms. The number of thioether (sulfide) groups is 1. The second-order valence-electron chi connectivity index (χ2n) is 5.62. The molecule has 9 heteroatoms. The Morgan fingerprint density at radius 1 is 1.42 bits per heavy atom. The molecule has 1 fully saturated rings. The zero-order chi connectivity index (χ0) is 19.1. The van der Waals surface area contributed by atoms with Crippen LogP contribution in [0, 0.1) is 5.92 Å². The van der Waals surface area contributed by atoms with Gasteiger partial charge in [0.25, 0.3) is 5.91 Å². The number of carbonyl (C=O) groups is 2. The number of hydrogen-bond acceptors (Lipinski definition) is 7. The van der Waals surface area contributed by atoms with Gasteiger partial charge in [0.05, 0.1) is 24.8 Å². The number of rotatable bonds is 6. The van der Waals surface area contributed by atoms with Crippen LogP contribution in [0.15, 0.2) is 43.9 Å². The van der Waals surface area contributed by atoms with Gasteiger partial charge in [-0.15, -0.1) is 5.10 Å². The predicted molar refractivity (Wildman–Crippen MR) is 105 cm³/mol. The minimum Gasteiger partial charge on any atom is -0.493 e. The molecule has 138 valence electrons. The van der Waals surface area contributed by atoms with Crippen LogP contribution < -0.4 is 10.1 Å². The van der Waals surface area contributed by atoms with Gasteiger partial charge in [0, 0.05) is 16.1 Å². The predicted octanol–water partition coefficient (Wildman–Crippen LogP) is 3.09. The summed E-state index contributed by atoms with van der Waals surface area (Å²) in [4.78, 5) is 23.2. The number of ether oxygens (including phenoxy) is 2. The Morgan fingerprint density at radius 2 is 2.19 bits per heavy atom. The Hall–Kier alpha value is -2.13. The molecule has 0 aromatic heterocycles. The summed E-state index contributed by atoms with van der Waals surface area (Å²) in [6.07, 6.45) is 2.65. The number of hydrogen-bond donors (Lipinski definition) is 1. The van der Waals surface area contributed by atoms with Crippen molar-refractivity contribution in [3.8, 4) is 5.75 Å². The van der Waals surface area contributed by atoms with E-state index in [4.69, 9.17) is 4.74 Å². The molecule has 1 N–H and O–H groups in total. The van der Waals surface area contributed by atoms with Gasteiger partial charge in [-0.25, -0.2) is 4.79 Å². The van der Waals surface area contributed by atoms with Crippen LogP contribution >= 0.6 is 27.7 Å². The SMILES string of the molecule is COC(=O)/C=C1/S/C(=N\N=Cc2cc(Br)ccc2OCC(C)C)NC1=O. The van der Waals surface area contributed by atoms with Crippen LogP contribution in [0.4, 0.5) is 0 Å². The fourth-order valence-corrected chi connectivity index (χ4v) is 2.91. The van der Waals surface area contributed by atoms with Gasteiger partial charge in [-0.05, 0) is 35.9 Å². The molecule has 2 rings (SSSR count). The maximum atomic E-state index is 11.8. The van der Waals surface area contributed by atoms with Gasteiger partial charge < -0.3 is 9.47 Å². The molecule has 0 radical (unpaired) electrons. The maximum absolute atomic E-state index is 11.8. The standard InChI is InChI=1S/C17H18BrN3O4S/c1-10(2)9-25-13-5-4-12(18)6-11(13)8-19-21-17-20-16(23)14(26-17)7-15(22)24-3/h4-8,10H,9H2,1-3H3,(H,20,21,23)/b14-7+,19-8?. The zero-order valence-electron chi connectivity index (χ0n) is 14.5. The summed E-state index contributed by atoms with van der Waals surface area (Å²) in [5.41, 5.74) is 0.754. The van der Waals surface area contributed by atoms with Gasteiger partial charge in [-0.3, -0.25) is 10.1 Å². The Labute approximate surface area is 164 Å². The molecular formula is C17H18BrN3O4S. The lowest BCUT2D eigenvalue weighted by atomic mass is 10.2. The van der Waals surface area contributed by atoms with Crippen LogP contribution in [-0.4, -0.2) is 37.0 Å². The molecule has 1 aliphatic heterocycles. The van der Waals surface area contributed by atoms with Crippen molar-refractivity contribution in [2.75, 3.05) is 13.7 Å². The van der Waals surface area contributed by atoms with E-state index < -0.39 is 11.9 Å². The van der Waals surface area contributed by atoms with E-state index in [2.05, 4.69) is 50.0 Å². The van der Waals surface area contributed by atoms with Gasteiger partial charge in [0.15, 0.2) is 5.17 Å². The molecule has 1 aromatic carbocycles. The minimum absolute atomic E-state index is 0.203. The molecule has 0 atom stereocenters. The third-order valence-electron chi connectivity index (χ3n) is 2.99. The number of amides is 1. The van der Waals surface area contributed by atoms with Crippen molar-refractivity contribution >= 4 is 51.0 Å². The van der Waals surface area contributed by atoms with E-state index in [1.54, 1.807) is 6.21 Å². The number of esters is 1. The average Bonchev–Trinajstić information content (AvgIpc) is 2.93. The highest BCUT2D eigenvalue weighted by molar-refractivity contribution is 9.10. The van der Waals surface area contributed by atoms with Gasteiger partial charge in [-0.2, -0.15) is 5.10 Å². The molecule has 0 saturated carbocycles. The molecule has 0 unspecified atom stereocenters. The lowest BCUT2D eigenvalue weighted by Gasteiger charge is -2.11. The molecule has 7 nitrogen and oxygen atoms in total. The largest absolute Gasteiger partial charge is 0.493 e. The number of amidine groups is 1. The van der Waals surface area contributed by atoms with Crippen molar-refractivity contribution in [2.24, 2.45) is 16.1 Å². The molecule has 1 amide bonds. The number of nitrogens with zero attached hydrogens (tertiary/aromatic N) is 2. The first-order chi connectivity index (χ1) is 12.4. The normalized spacial score (nSPS) is 17.3. The lowest BCUT2D eigenvalue weighted by Crippen LogP contribution is -2.19. The highest BCUT2D eigenvalue weighted by Crippen LogP contribution is 2.24. The minimum atomic E-state index is -0.603. The fraction of sp³-hybridized carbons (Fsp3) is 0.294. The van der Waals surface area contributed by atoms with Crippen molar-refractivity contribution in [1.82, 2.24) is 5.32 Å². The van der Waals surface area contributed by atoms with E-state index in [1.807, 2.05) is 18.2 Å². The third kappa shape index (κ3) is 5.99. The summed E-state index contributed by atoms with van der Waals surface area (Å²) < 4.78 is 11.2. The van der Waals surface area contributed by atoms with E-state index in [9.17, 15) is 9.59 Å². The average molecular weight is 440 g/mol. The molecule has 1 aliphatic rings. The summed E-state index contributed by atoms with van der Waals surface area (Å²) in [5.74, 6) is 0.0697. The lowest BCUT2D eigenvalue weighted by molar-refractivity contribution is -0.135. The van der Waals surface area contributed by atoms with Gasteiger partial charge in [0.1, 0.15) is 5.75 Å². The van der Waals surface area contributed by atoms with Crippen molar-refractivity contribution in [1.29, 1.82) is 0 Å². The van der Waals surface area contributed by atoms with Crippen molar-refractivity contribution in [2.45, 2.75) is 13.8 Å². The van der Waals surface area contributed by atoms with E-state index in [0.717, 1.165) is 27.9 Å². The van der Waals surface area contributed by atoms with Crippen LogP contribution in [0.1, 0.15) is 19.4 Å². The fourth-order valence-electron chi connectivity index (χ4n) is 1.79. The van der Waals surface area contributed by atoms with Crippen molar-refractivity contribution < 1.29 is 19.1 Å². The van der Waals surface area contributed by atoms with Crippen LogP contribution in [0.5, 0.6) is 5.75 Å². The smallest absolute Gasteiger partial charge is 0.331 e. The molecule has 1 saturated heterocycles. The number of benzene rings is 1. The number of nitrogens with one attached hydrogen (secondary N) is 1. The molecular weight excluding hydrogens is 422 g/mol. The Bertz CT molecular complexity index is 790. The topological polar surface area (TPSA) is 89.3 Å². The Kier molecular flexibility index (Phi) is 7.40. The second kappa shape index (κ2) is 9.54.